The molecule has 0 bridgehead atoms. The van der Waals surface area contributed by atoms with Gasteiger partial charge < -0.3 is 0 Å². The van der Waals surface area contributed by atoms with Gasteiger partial charge in [-0.15, -0.1) is 0 Å². The molecule has 0 N–H and O–H groups in total. The van der Waals surface area contributed by atoms with Gasteiger partial charge in [-0.05, 0) is 33.3 Å². The van der Waals surface area contributed by atoms with Crippen molar-refractivity contribution < 1.29 is 4.58 Å². The number of hydrogen-bond acceptors (Lipinski definition) is 0. The third-order valence-electron chi connectivity index (χ3n) is 1.80. The Morgan fingerprint density at radius 3 is 2.17 bits per heavy atom. The average molecular weight is 166 g/mol. The van der Waals surface area contributed by atoms with Crippen molar-refractivity contribution in [2.24, 2.45) is 0 Å². The fourth-order valence-corrected chi connectivity index (χ4v) is 0.682. The first-order valence-electron chi connectivity index (χ1n) is 4.33. The second-order valence-corrected chi connectivity index (χ2v) is 3.53. The van der Waals surface area contributed by atoms with Crippen LogP contribution in [0.5, 0.6) is 0 Å². The van der Waals surface area contributed by atoms with Gasteiger partial charge in [0.15, 0.2) is 6.21 Å². The maximum Gasteiger partial charge on any atom is 0.162 e. The first kappa shape index (κ1) is 11.2. The van der Waals surface area contributed by atoms with E-state index < -0.39 is 0 Å². The third kappa shape index (κ3) is 5.90. The van der Waals surface area contributed by atoms with Crippen LogP contribution in [-0.4, -0.2) is 24.9 Å². The predicted octanol–water partition coefficient (Wildman–Crippen LogP) is 2.63. The molecule has 0 aromatic rings. The lowest BCUT2D eigenvalue weighted by atomic mass is 10.1. The van der Waals surface area contributed by atoms with E-state index in [4.69, 9.17) is 0 Å². The molecule has 1 heteroatoms. The van der Waals surface area contributed by atoms with Gasteiger partial charge in [0.05, 0.1) is 0 Å². The van der Waals surface area contributed by atoms with Crippen molar-refractivity contribution in [3.8, 4) is 0 Å². The number of allylic oxidation sites excluding steroid dienone is 4. The largest absolute Gasteiger partial charge is 0.241 e. The van der Waals surface area contributed by atoms with E-state index in [-0.39, 0.29) is 0 Å². The molecule has 0 rings (SSSR count). The molecule has 0 unspecified atom stereocenters. The van der Waals surface area contributed by atoms with Crippen LogP contribution in [0, 0.1) is 0 Å². The van der Waals surface area contributed by atoms with E-state index in [9.17, 15) is 0 Å². The Morgan fingerprint density at radius 1 is 1.17 bits per heavy atom. The molecular weight excluding hydrogens is 146 g/mol. The molecule has 0 saturated carbocycles. The SMILES string of the molecule is CC(C)=C(C)CC=CC=[N+](C)C. The van der Waals surface area contributed by atoms with Crippen LogP contribution in [0.15, 0.2) is 23.3 Å². The van der Waals surface area contributed by atoms with Crippen molar-refractivity contribution in [2.45, 2.75) is 27.2 Å². The normalized spacial score (nSPS) is 10.1. The van der Waals surface area contributed by atoms with E-state index in [1.807, 2.05) is 18.7 Å². The summed E-state index contributed by atoms with van der Waals surface area (Å²) in [5.41, 5.74) is 2.88. The van der Waals surface area contributed by atoms with Crippen LogP contribution >= 0.6 is 0 Å². The zero-order valence-corrected chi connectivity index (χ0v) is 8.89. The second-order valence-electron chi connectivity index (χ2n) is 3.53. The van der Waals surface area contributed by atoms with Crippen LogP contribution in [0.2, 0.25) is 0 Å². The van der Waals surface area contributed by atoms with E-state index >= 15 is 0 Å². The number of rotatable bonds is 3. The Morgan fingerprint density at radius 2 is 1.75 bits per heavy atom. The van der Waals surface area contributed by atoms with E-state index in [2.05, 4.69) is 39.1 Å². The Hall–Kier alpha value is -0.850. The summed E-state index contributed by atoms with van der Waals surface area (Å²) in [5.74, 6) is 0. The zero-order valence-electron chi connectivity index (χ0n) is 8.89. The highest BCUT2D eigenvalue weighted by Crippen LogP contribution is 2.06. The minimum atomic E-state index is 1.06. The van der Waals surface area contributed by atoms with Gasteiger partial charge in [0.2, 0.25) is 0 Å². The van der Waals surface area contributed by atoms with E-state index in [1.54, 1.807) is 0 Å². The molecule has 0 aliphatic carbocycles. The molecular formula is C11H20N+. The van der Waals surface area contributed by atoms with E-state index in [0.717, 1.165) is 6.42 Å². The Bertz CT molecular complexity index is 211. The first-order chi connectivity index (χ1) is 5.54. The second kappa shape index (κ2) is 5.76. The summed E-state index contributed by atoms with van der Waals surface area (Å²) < 4.78 is 2.04. The van der Waals surface area contributed by atoms with E-state index in [0.29, 0.717) is 0 Å². The molecule has 0 aromatic carbocycles. The van der Waals surface area contributed by atoms with Crippen LogP contribution in [-0.2, 0) is 0 Å². The minimum absolute atomic E-state index is 1.06. The van der Waals surface area contributed by atoms with E-state index in [1.165, 1.54) is 11.1 Å². The molecule has 0 saturated heterocycles. The monoisotopic (exact) mass is 166 g/mol. The van der Waals surface area contributed by atoms with Crippen molar-refractivity contribution in [1.82, 2.24) is 0 Å². The van der Waals surface area contributed by atoms with Gasteiger partial charge in [-0.3, -0.25) is 0 Å². The summed E-state index contributed by atoms with van der Waals surface area (Å²) in [6.45, 7) is 6.48. The molecule has 0 radical (unpaired) electrons. The van der Waals surface area contributed by atoms with Gasteiger partial charge >= 0.3 is 0 Å². The molecule has 0 aliphatic heterocycles. The van der Waals surface area contributed by atoms with Crippen molar-refractivity contribution in [2.75, 3.05) is 14.1 Å². The Kier molecular flexibility index (Phi) is 5.35. The van der Waals surface area contributed by atoms with Crippen LogP contribution < -0.4 is 0 Å². The molecule has 0 aliphatic rings. The lowest BCUT2D eigenvalue weighted by Gasteiger charge is -1.96. The zero-order chi connectivity index (χ0) is 9.56. The lowest BCUT2D eigenvalue weighted by Crippen LogP contribution is -1.95. The summed E-state index contributed by atoms with van der Waals surface area (Å²) >= 11 is 0. The maximum atomic E-state index is 2.18. The highest BCUT2D eigenvalue weighted by atomic mass is 14.9. The molecule has 0 heterocycles. The summed E-state index contributed by atoms with van der Waals surface area (Å²) in [6, 6.07) is 0. The van der Waals surface area contributed by atoms with Crippen molar-refractivity contribution >= 4 is 6.21 Å². The molecule has 0 amide bonds. The Balaban J connectivity index is 3.93. The van der Waals surface area contributed by atoms with Gasteiger partial charge in [0.1, 0.15) is 14.1 Å². The summed E-state index contributed by atoms with van der Waals surface area (Å²) in [4.78, 5) is 0. The third-order valence-corrected chi connectivity index (χ3v) is 1.80. The maximum absolute atomic E-state index is 2.18. The molecule has 0 spiro atoms. The molecule has 0 aromatic heterocycles. The first-order valence-corrected chi connectivity index (χ1v) is 4.33. The molecule has 0 atom stereocenters. The fraction of sp³-hybridized carbons (Fsp3) is 0.545. The smallest absolute Gasteiger partial charge is 0.162 e. The van der Waals surface area contributed by atoms with Gasteiger partial charge in [0.25, 0.3) is 0 Å². The molecule has 0 fully saturated rings. The van der Waals surface area contributed by atoms with Crippen LogP contribution in [0.3, 0.4) is 0 Å². The molecule has 1 nitrogen and oxygen atoms in total. The standard InChI is InChI=1S/C11H20N/c1-10(2)11(3)8-6-7-9-12(4)5/h6-7,9H,8H2,1-5H3/q+1. The summed E-state index contributed by atoms with van der Waals surface area (Å²) in [5, 5.41) is 0. The topological polar surface area (TPSA) is 3.01 Å². The number of nitrogens with zero attached hydrogens (tertiary/aromatic N) is 1. The fourth-order valence-electron chi connectivity index (χ4n) is 0.682. The predicted molar refractivity (Wildman–Crippen MR) is 56.0 cm³/mol. The minimum Gasteiger partial charge on any atom is -0.241 e. The summed E-state index contributed by atoms with van der Waals surface area (Å²) in [7, 11) is 4.05. The number of hydrogen-bond donors (Lipinski definition) is 0. The Labute approximate surface area is 76.1 Å². The van der Waals surface area contributed by atoms with Crippen molar-refractivity contribution in [1.29, 1.82) is 0 Å². The highest BCUT2D eigenvalue weighted by molar-refractivity contribution is 5.65. The summed E-state index contributed by atoms with van der Waals surface area (Å²) in [6.07, 6.45) is 7.39. The van der Waals surface area contributed by atoms with Gasteiger partial charge in [0, 0.05) is 0 Å². The van der Waals surface area contributed by atoms with Crippen molar-refractivity contribution in [3.05, 3.63) is 23.3 Å². The van der Waals surface area contributed by atoms with Crippen LogP contribution in [0.25, 0.3) is 0 Å². The quantitative estimate of drug-likeness (QED) is 0.344. The lowest BCUT2D eigenvalue weighted by molar-refractivity contribution is -0.458. The molecule has 12 heavy (non-hydrogen) atoms. The van der Waals surface area contributed by atoms with Gasteiger partial charge in [-0.1, -0.05) is 17.2 Å². The average Bonchev–Trinajstić information content (AvgIpc) is 1.97. The van der Waals surface area contributed by atoms with Crippen LogP contribution in [0.1, 0.15) is 27.2 Å². The molecule has 68 valence electrons. The van der Waals surface area contributed by atoms with Gasteiger partial charge in [-0.25, -0.2) is 4.58 Å². The van der Waals surface area contributed by atoms with Gasteiger partial charge in [-0.2, -0.15) is 0 Å². The van der Waals surface area contributed by atoms with Crippen LogP contribution in [0.4, 0.5) is 0 Å². The van der Waals surface area contributed by atoms with Crippen molar-refractivity contribution in [3.63, 3.8) is 0 Å². The highest BCUT2D eigenvalue weighted by Gasteiger charge is 1.87.